The predicted octanol–water partition coefficient (Wildman–Crippen LogP) is 4.75. The molecule has 0 atom stereocenters. The highest BCUT2D eigenvalue weighted by atomic mass is 79.9. The maximum atomic E-state index is 12.4. The zero-order valence-electron chi connectivity index (χ0n) is 11.6. The van der Waals surface area contributed by atoms with Gasteiger partial charge in [-0.2, -0.15) is 0 Å². The molecule has 3 aromatic rings. The van der Waals surface area contributed by atoms with Crippen molar-refractivity contribution in [3.8, 4) is 0 Å². The largest absolute Gasteiger partial charge is 0.360 e. The van der Waals surface area contributed by atoms with Crippen molar-refractivity contribution < 1.29 is 4.79 Å². The van der Waals surface area contributed by atoms with Gasteiger partial charge in [-0.05, 0) is 50.4 Å². The summed E-state index contributed by atoms with van der Waals surface area (Å²) in [6, 6.07) is 3.84. The van der Waals surface area contributed by atoms with Crippen LogP contribution in [0.5, 0.6) is 0 Å². The van der Waals surface area contributed by atoms with Crippen LogP contribution in [0.3, 0.4) is 0 Å². The van der Waals surface area contributed by atoms with Gasteiger partial charge in [-0.3, -0.25) is 10.1 Å². The van der Waals surface area contributed by atoms with Crippen LogP contribution in [-0.2, 0) is 6.42 Å². The number of hydrogen-bond donors (Lipinski definition) is 2. The molecule has 0 saturated carbocycles. The third kappa shape index (κ3) is 3.09. The second kappa shape index (κ2) is 6.47. The van der Waals surface area contributed by atoms with Crippen LogP contribution >= 0.6 is 43.2 Å². The van der Waals surface area contributed by atoms with Crippen LogP contribution in [-0.4, -0.2) is 21.1 Å². The zero-order chi connectivity index (χ0) is 15.7. The highest BCUT2D eigenvalue weighted by Crippen LogP contribution is 2.30. The molecule has 0 radical (unpaired) electrons. The Morgan fingerprint density at radius 2 is 2.09 bits per heavy atom. The number of aromatic amines is 1. The Morgan fingerprint density at radius 3 is 2.86 bits per heavy atom. The molecule has 2 aromatic heterocycles. The Bertz CT molecular complexity index is 843. The molecular weight excluding hydrogens is 432 g/mol. The number of benzene rings is 1. The molecule has 0 saturated heterocycles. The summed E-state index contributed by atoms with van der Waals surface area (Å²) in [5.41, 5.74) is 1.47. The molecule has 5 nitrogen and oxygen atoms in total. The molecule has 2 N–H and O–H groups in total. The van der Waals surface area contributed by atoms with Crippen molar-refractivity contribution in [1.82, 2.24) is 15.2 Å². The third-order valence-corrected chi connectivity index (χ3v) is 5.86. The highest BCUT2D eigenvalue weighted by molar-refractivity contribution is 9.13. The maximum Gasteiger partial charge on any atom is 0.259 e. The van der Waals surface area contributed by atoms with E-state index >= 15 is 0 Å². The van der Waals surface area contributed by atoms with E-state index < -0.39 is 0 Å². The lowest BCUT2D eigenvalue weighted by molar-refractivity contribution is 0.102. The SMILES string of the molecule is CCCc1nnc(NC(=O)c2c[nH]c3cc(Br)c(Br)cc23)s1. The Kier molecular flexibility index (Phi) is 4.60. The van der Waals surface area contributed by atoms with Crippen LogP contribution in [0.25, 0.3) is 10.9 Å². The second-order valence-corrected chi connectivity index (χ2v) is 7.49. The van der Waals surface area contributed by atoms with Gasteiger partial charge in [0.25, 0.3) is 5.91 Å². The van der Waals surface area contributed by atoms with Crippen molar-refractivity contribution in [2.24, 2.45) is 0 Å². The van der Waals surface area contributed by atoms with Crippen LogP contribution in [0.2, 0.25) is 0 Å². The number of carbonyl (C=O) groups is 1. The molecule has 22 heavy (non-hydrogen) atoms. The average molecular weight is 444 g/mol. The van der Waals surface area contributed by atoms with Crippen molar-refractivity contribution in [2.45, 2.75) is 19.8 Å². The second-order valence-electron chi connectivity index (χ2n) is 4.72. The van der Waals surface area contributed by atoms with E-state index in [1.807, 2.05) is 12.1 Å². The number of hydrogen-bond acceptors (Lipinski definition) is 4. The topological polar surface area (TPSA) is 70.7 Å². The van der Waals surface area contributed by atoms with Gasteiger partial charge in [0.15, 0.2) is 0 Å². The summed E-state index contributed by atoms with van der Waals surface area (Å²) < 4.78 is 1.83. The summed E-state index contributed by atoms with van der Waals surface area (Å²) >= 11 is 8.32. The Labute approximate surface area is 147 Å². The van der Waals surface area contributed by atoms with Gasteiger partial charge in [-0.15, -0.1) is 10.2 Å². The molecule has 0 bridgehead atoms. The first-order valence-corrected chi connectivity index (χ1v) is 9.08. The van der Waals surface area contributed by atoms with E-state index in [0.29, 0.717) is 10.7 Å². The first-order valence-electron chi connectivity index (χ1n) is 6.68. The van der Waals surface area contributed by atoms with Crippen molar-refractivity contribution in [3.05, 3.63) is 37.8 Å². The van der Waals surface area contributed by atoms with Gasteiger partial charge in [0.1, 0.15) is 5.01 Å². The smallest absolute Gasteiger partial charge is 0.259 e. The first kappa shape index (κ1) is 15.6. The predicted molar refractivity (Wildman–Crippen MR) is 95.6 cm³/mol. The van der Waals surface area contributed by atoms with Crippen molar-refractivity contribution in [1.29, 1.82) is 0 Å². The van der Waals surface area contributed by atoms with Crippen LogP contribution in [0.15, 0.2) is 27.3 Å². The van der Waals surface area contributed by atoms with Crippen LogP contribution in [0, 0.1) is 0 Å². The number of anilines is 1. The summed E-state index contributed by atoms with van der Waals surface area (Å²) in [5, 5.41) is 13.2. The van der Waals surface area contributed by atoms with Gasteiger partial charge in [-0.25, -0.2) is 0 Å². The number of carbonyl (C=O) groups excluding carboxylic acids is 1. The Balaban J connectivity index is 1.87. The van der Waals surface area contributed by atoms with E-state index in [0.717, 1.165) is 37.7 Å². The first-order chi connectivity index (χ1) is 10.6. The summed E-state index contributed by atoms with van der Waals surface area (Å²) in [6.07, 6.45) is 3.59. The van der Waals surface area contributed by atoms with E-state index in [2.05, 4.69) is 59.3 Å². The fraction of sp³-hybridized carbons (Fsp3) is 0.214. The lowest BCUT2D eigenvalue weighted by atomic mass is 10.1. The molecule has 2 heterocycles. The molecule has 0 aliphatic heterocycles. The van der Waals surface area contributed by atoms with Gasteiger partial charge < -0.3 is 4.98 Å². The summed E-state index contributed by atoms with van der Waals surface area (Å²) in [4.78, 5) is 15.5. The molecular formula is C14H12Br2N4OS. The fourth-order valence-corrected chi connectivity index (χ4v) is 3.61. The Morgan fingerprint density at radius 1 is 1.32 bits per heavy atom. The van der Waals surface area contributed by atoms with E-state index in [9.17, 15) is 4.79 Å². The Hall–Kier alpha value is -1.25. The summed E-state index contributed by atoms with van der Waals surface area (Å²) in [6.45, 7) is 2.08. The fourth-order valence-electron chi connectivity index (χ4n) is 2.09. The van der Waals surface area contributed by atoms with Crippen LogP contribution in [0.1, 0.15) is 28.7 Å². The summed E-state index contributed by atoms with van der Waals surface area (Å²) in [7, 11) is 0. The number of nitrogens with zero attached hydrogens (tertiary/aromatic N) is 2. The number of H-pyrrole nitrogens is 1. The van der Waals surface area contributed by atoms with E-state index in [1.165, 1.54) is 11.3 Å². The van der Waals surface area contributed by atoms with Crippen LogP contribution < -0.4 is 5.32 Å². The average Bonchev–Trinajstić information content (AvgIpc) is 3.07. The molecule has 1 aromatic carbocycles. The van der Waals surface area contributed by atoms with Gasteiger partial charge in [0.2, 0.25) is 5.13 Å². The molecule has 0 fully saturated rings. The number of rotatable bonds is 4. The van der Waals surface area contributed by atoms with Gasteiger partial charge in [-0.1, -0.05) is 18.3 Å². The standard InChI is InChI=1S/C14H12Br2N4OS/c1-2-3-12-19-20-14(22-12)18-13(21)8-6-17-11-5-10(16)9(15)4-7(8)11/h4-6,17H,2-3H2,1H3,(H,18,20,21). The number of aryl methyl sites for hydroxylation is 1. The highest BCUT2D eigenvalue weighted by Gasteiger charge is 2.15. The zero-order valence-corrected chi connectivity index (χ0v) is 15.6. The van der Waals surface area contributed by atoms with E-state index in [1.54, 1.807) is 6.20 Å². The molecule has 0 spiro atoms. The number of halogens is 2. The number of fused-ring (bicyclic) bond motifs is 1. The van der Waals surface area contributed by atoms with Gasteiger partial charge in [0, 0.05) is 32.5 Å². The molecule has 3 rings (SSSR count). The minimum absolute atomic E-state index is 0.195. The monoisotopic (exact) mass is 442 g/mol. The van der Waals surface area contributed by atoms with Crippen LogP contribution in [0.4, 0.5) is 5.13 Å². The number of nitrogens with one attached hydrogen (secondary N) is 2. The maximum absolute atomic E-state index is 12.4. The number of aromatic nitrogens is 3. The van der Waals surface area contributed by atoms with E-state index in [4.69, 9.17) is 0 Å². The number of amides is 1. The minimum Gasteiger partial charge on any atom is -0.360 e. The lowest BCUT2D eigenvalue weighted by Crippen LogP contribution is -2.11. The van der Waals surface area contributed by atoms with Crippen molar-refractivity contribution in [3.63, 3.8) is 0 Å². The van der Waals surface area contributed by atoms with Crippen molar-refractivity contribution >= 4 is 65.1 Å². The molecule has 8 heteroatoms. The molecule has 0 aliphatic rings. The molecule has 0 aliphatic carbocycles. The van der Waals surface area contributed by atoms with Gasteiger partial charge >= 0.3 is 0 Å². The minimum atomic E-state index is -0.195. The molecule has 114 valence electrons. The molecule has 0 unspecified atom stereocenters. The quantitative estimate of drug-likeness (QED) is 0.611. The van der Waals surface area contributed by atoms with Gasteiger partial charge in [0.05, 0.1) is 5.56 Å². The van der Waals surface area contributed by atoms with Crippen molar-refractivity contribution in [2.75, 3.05) is 5.32 Å². The normalized spacial score (nSPS) is 11.0. The van der Waals surface area contributed by atoms with E-state index in [-0.39, 0.29) is 5.91 Å². The third-order valence-electron chi connectivity index (χ3n) is 3.12. The lowest BCUT2D eigenvalue weighted by Gasteiger charge is -2.01. The molecule has 1 amide bonds. The summed E-state index contributed by atoms with van der Waals surface area (Å²) in [5.74, 6) is -0.195.